The monoisotopic (exact) mass is 235 g/mol. The lowest BCUT2D eigenvalue weighted by Crippen LogP contribution is -2.25. The van der Waals surface area contributed by atoms with Gasteiger partial charge in [-0.15, -0.1) is 0 Å². The molecule has 1 heterocycles. The maximum absolute atomic E-state index is 5.47. The highest BCUT2D eigenvalue weighted by molar-refractivity contribution is 5.37. The van der Waals surface area contributed by atoms with Crippen LogP contribution in [-0.4, -0.2) is 27.4 Å². The van der Waals surface area contributed by atoms with Gasteiger partial charge < -0.3 is 14.8 Å². The first-order valence-corrected chi connectivity index (χ1v) is 6.15. The summed E-state index contributed by atoms with van der Waals surface area (Å²) in [5.41, 5.74) is 2.51. The Kier molecular flexibility index (Phi) is 4.02. The normalized spacial score (nSPS) is 21.5. The first-order valence-electron chi connectivity index (χ1n) is 6.15. The largest absolute Gasteiger partial charge is 0.496 e. The third-order valence-electron chi connectivity index (χ3n) is 3.53. The zero-order chi connectivity index (χ0) is 12.3. The molecule has 1 aliphatic heterocycles. The molecule has 1 aromatic rings. The van der Waals surface area contributed by atoms with Gasteiger partial charge in [0, 0.05) is 18.6 Å². The highest BCUT2D eigenvalue weighted by Gasteiger charge is 2.26. The van der Waals surface area contributed by atoms with Gasteiger partial charge in [-0.3, -0.25) is 0 Å². The summed E-state index contributed by atoms with van der Waals surface area (Å²) < 4.78 is 10.8. The number of nitrogens with one attached hydrogen (secondary N) is 1. The summed E-state index contributed by atoms with van der Waals surface area (Å²) in [7, 11) is 3.73. The van der Waals surface area contributed by atoms with Crippen LogP contribution in [-0.2, 0) is 4.74 Å². The molecule has 0 aromatic heterocycles. The summed E-state index contributed by atoms with van der Waals surface area (Å²) in [6, 6.07) is 6.77. The minimum Gasteiger partial charge on any atom is -0.496 e. The van der Waals surface area contributed by atoms with E-state index < -0.39 is 0 Å². The SMILES string of the molecule is CNC(c1ccc(OC)c(C)c1)C1CCOC1. The van der Waals surface area contributed by atoms with E-state index >= 15 is 0 Å². The Morgan fingerprint density at radius 2 is 2.29 bits per heavy atom. The fourth-order valence-electron chi connectivity index (χ4n) is 2.59. The van der Waals surface area contributed by atoms with E-state index in [1.54, 1.807) is 7.11 Å². The Morgan fingerprint density at radius 3 is 2.82 bits per heavy atom. The molecular weight excluding hydrogens is 214 g/mol. The molecule has 3 heteroatoms. The summed E-state index contributed by atoms with van der Waals surface area (Å²) in [6.45, 7) is 3.83. The Balaban J connectivity index is 2.21. The number of ether oxygens (including phenoxy) is 2. The Labute approximate surface area is 103 Å². The van der Waals surface area contributed by atoms with Crippen LogP contribution in [0, 0.1) is 12.8 Å². The van der Waals surface area contributed by atoms with Crippen LogP contribution in [0.1, 0.15) is 23.6 Å². The van der Waals surface area contributed by atoms with Gasteiger partial charge in [-0.25, -0.2) is 0 Å². The van der Waals surface area contributed by atoms with Crippen molar-refractivity contribution in [2.45, 2.75) is 19.4 Å². The molecule has 1 fully saturated rings. The van der Waals surface area contributed by atoms with Gasteiger partial charge in [0.15, 0.2) is 0 Å². The number of aryl methyl sites for hydroxylation is 1. The molecule has 94 valence electrons. The van der Waals surface area contributed by atoms with Gasteiger partial charge in [0.2, 0.25) is 0 Å². The molecule has 3 nitrogen and oxygen atoms in total. The quantitative estimate of drug-likeness (QED) is 0.868. The molecule has 0 bridgehead atoms. The van der Waals surface area contributed by atoms with Crippen LogP contribution in [0.5, 0.6) is 5.75 Å². The minimum absolute atomic E-state index is 0.377. The molecule has 0 amide bonds. The van der Waals surface area contributed by atoms with E-state index in [4.69, 9.17) is 9.47 Å². The van der Waals surface area contributed by atoms with E-state index in [-0.39, 0.29) is 0 Å². The van der Waals surface area contributed by atoms with Gasteiger partial charge in [0.05, 0.1) is 13.7 Å². The van der Waals surface area contributed by atoms with Gasteiger partial charge in [-0.05, 0) is 37.6 Å². The Morgan fingerprint density at radius 1 is 1.47 bits per heavy atom. The molecule has 2 atom stereocenters. The molecule has 0 saturated carbocycles. The van der Waals surface area contributed by atoms with Crippen LogP contribution in [0.25, 0.3) is 0 Å². The molecule has 0 aliphatic carbocycles. The van der Waals surface area contributed by atoms with E-state index in [1.165, 1.54) is 11.1 Å². The second-order valence-electron chi connectivity index (χ2n) is 4.62. The van der Waals surface area contributed by atoms with E-state index in [1.807, 2.05) is 13.1 Å². The third kappa shape index (κ3) is 2.61. The number of rotatable bonds is 4. The van der Waals surface area contributed by atoms with Gasteiger partial charge in [-0.2, -0.15) is 0 Å². The molecule has 2 unspecified atom stereocenters. The number of benzene rings is 1. The van der Waals surface area contributed by atoms with Crippen molar-refractivity contribution in [2.24, 2.45) is 5.92 Å². The highest BCUT2D eigenvalue weighted by Crippen LogP contribution is 2.30. The second-order valence-corrected chi connectivity index (χ2v) is 4.62. The molecule has 0 radical (unpaired) electrons. The molecule has 1 saturated heterocycles. The zero-order valence-corrected chi connectivity index (χ0v) is 10.8. The predicted molar refractivity (Wildman–Crippen MR) is 68.5 cm³/mol. The number of hydrogen-bond donors (Lipinski definition) is 1. The summed E-state index contributed by atoms with van der Waals surface area (Å²) >= 11 is 0. The van der Waals surface area contributed by atoms with E-state index in [0.29, 0.717) is 12.0 Å². The van der Waals surface area contributed by atoms with Gasteiger partial charge in [-0.1, -0.05) is 12.1 Å². The molecule has 1 aliphatic rings. The second kappa shape index (κ2) is 5.52. The number of hydrogen-bond acceptors (Lipinski definition) is 3. The molecule has 2 rings (SSSR count). The maximum Gasteiger partial charge on any atom is 0.121 e. The molecule has 1 aromatic carbocycles. The predicted octanol–water partition coefficient (Wildman–Crippen LogP) is 2.30. The van der Waals surface area contributed by atoms with E-state index in [2.05, 4.69) is 24.4 Å². The highest BCUT2D eigenvalue weighted by atomic mass is 16.5. The van der Waals surface area contributed by atoms with Gasteiger partial charge in [0.1, 0.15) is 5.75 Å². The zero-order valence-electron chi connectivity index (χ0n) is 10.8. The van der Waals surface area contributed by atoms with Crippen LogP contribution >= 0.6 is 0 Å². The molecule has 1 N–H and O–H groups in total. The van der Waals surface area contributed by atoms with Crippen molar-refractivity contribution < 1.29 is 9.47 Å². The molecule has 17 heavy (non-hydrogen) atoms. The van der Waals surface area contributed by atoms with Crippen molar-refractivity contribution in [1.29, 1.82) is 0 Å². The maximum atomic E-state index is 5.47. The lowest BCUT2D eigenvalue weighted by molar-refractivity contribution is 0.178. The summed E-state index contributed by atoms with van der Waals surface area (Å²) in [6.07, 6.45) is 1.14. The lowest BCUT2D eigenvalue weighted by atomic mass is 9.91. The van der Waals surface area contributed by atoms with Crippen molar-refractivity contribution in [1.82, 2.24) is 5.32 Å². The number of methoxy groups -OCH3 is 1. The Bertz CT molecular complexity index is 372. The van der Waals surface area contributed by atoms with Crippen molar-refractivity contribution in [2.75, 3.05) is 27.4 Å². The van der Waals surface area contributed by atoms with Crippen LogP contribution in [0.15, 0.2) is 18.2 Å². The Hall–Kier alpha value is -1.06. The van der Waals surface area contributed by atoms with Crippen molar-refractivity contribution in [3.05, 3.63) is 29.3 Å². The summed E-state index contributed by atoms with van der Waals surface area (Å²) in [5.74, 6) is 1.53. The first-order chi connectivity index (χ1) is 8.26. The fraction of sp³-hybridized carbons (Fsp3) is 0.571. The van der Waals surface area contributed by atoms with Gasteiger partial charge >= 0.3 is 0 Å². The van der Waals surface area contributed by atoms with Crippen LogP contribution < -0.4 is 10.1 Å². The van der Waals surface area contributed by atoms with E-state index in [0.717, 1.165) is 25.4 Å². The van der Waals surface area contributed by atoms with Crippen molar-refractivity contribution >= 4 is 0 Å². The lowest BCUT2D eigenvalue weighted by Gasteiger charge is -2.23. The topological polar surface area (TPSA) is 30.5 Å². The van der Waals surface area contributed by atoms with Crippen LogP contribution in [0.2, 0.25) is 0 Å². The minimum atomic E-state index is 0.377. The van der Waals surface area contributed by atoms with Crippen LogP contribution in [0.4, 0.5) is 0 Å². The average Bonchev–Trinajstić information content (AvgIpc) is 2.84. The summed E-state index contributed by atoms with van der Waals surface area (Å²) in [5, 5.41) is 3.40. The van der Waals surface area contributed by atoms with Crippen LogP contribution in [0.3, 0.4) is 0 Å². The molecule has 0 spiro atoms. The standard InChI is InChI=1S/C14H21NO2/c1-10-8-11(4-5-13(10)16-3)14(15-2)12-6-7-17-9-12/h4-5,8,12,14-15H,6-7,9H2,1-3H3. The van der Waals surface area contributed by atoms with Gasteiger partial charge in [0.25, 0.3) is 0 Å². The van der Waals surface area contributed by atoms with Crippen molar-refractivity contribution in [3.8, 4) is 5.75 Å². The summed E-state index contributed by atoms with van der Waals surface area (Å²) in [4.78, 5) is 0. The van der Waals surface area contributed by atoms with E-state index in [9.17, 15) is 0 Å². The average molecular weight is 235 g/mol. The smallest absolute Gasteiger partial charge is 0.121 e. The fourth-order valence-corrected chi connectivity index (χ4v) is 2.59. The first kappa shape index (κ1) is 12.4. The van der Waals surface area contributed by atoms with Crippen molar-refractivity contribution in [3.63, 3.8) is 0 Å². The molecular formula is C14H21NO2. The third-order valence-corrected chi connectivity index (χ3v) is 3.53.